The molecule has 26 heavy (non-hydrogen) atoms. The first-order valence-corrected chi connectivity index (χ1v) is 8.21. The number of nitrogens with one attached hydrogen (secondary N) is 2. The Morgan fingerprint density at radius 3 is 2.31 bits per heavy atom. The standard InChI is InChI=1S/C19H19ClN2O4/c1-19(2,3)18(26)21-13-6-4-5-11(9-13)16(23)22-15-10-12(20)7-8-14(15)17(24)25/h4-10H,1-3H3,(H,21,26)(H,22,23)(H,24,25). The Morgan fingerprint density at radius 2 is 1.69 bits per heavy atom. The van der Waals surface area contributed by atoms with E-state index in [1.54, 1.807) is 39.0 Å². The molecule has 0 bridgehead atoms. The molecule has 3 N–H and O–H groups in total. The van der Waals surface area contributed by atoms with Gasteiger partial charge in [0.05, 0.1) is 11.3 Å². The summed E-state index contributed by atoms with van der Waals surface area (Å²) in [6.45, 7) is 5.35. The zero-order valence-electron chi connectivity index (χ0n) is 14.6. The van der Waals surface area contributed by atoms with Crippen LogP contribution in [0.25, 0.3) is 0 Å². The molecule has 0 spiro atoms. The predicted octanol–water partition coefficient (Wildman–Crippen LogP) is 4.28. The highest BCUT2D eigenvalue weighted by Crippen LogP contribution is 2.23. The molecule has 7 heteroatoms. The van der Waals surface area contributed by atoms with Gasteiger partial charge in [-0.1, -0.05) is 38.4 Å². The van der Waals surface area contributed by atoms with Crippen LogP contribution >= 0.6 is 11.6 Å². The largest absolute Gasteiger partial charge is 0.478 e. The molecular weight excluding hydrogens is 356 g/mol. The van der Waals surface area contributed by atoms with Crippen molar-refractivity contribution in [3.8, 4) is 0 Å². The number of hydrogen-bond acceptors (Lipinski definition) is 3. The number of aromatic carboxylic acids is 1. The maximum Gasteiger partial charge on any atom is 0.337 e. The molecule has 0 saturated heterocycles. The summed E-state index contributed by atoms with van der Waals surface area (Å²) in [6.07, 6.45) is 0. The Morgan fingerprint density at radius 1 is 1.00 bits per heavy atom. The van der Waals surface area contributed by atoms with Gasteiger partial charge in [-0.2, -0.15) is 0 Å². The Labute approximate surface area is 156 Å². The molecule has 0 radical (unpaired) electrons. The summed E-state index contributed by atoms with van der Waals surface area (Å²) in [6, 6.07) is 10.5. The van der Waals surface area contributed by atoms with Gasteiger partial charge < -0.3 is 15.7 Å². The molecule has 0 heterocycles. The van der Waals surface area contributed by atoms with E-state index in [2.05, 4.69) is 10.6 Å². The molecule has 2 amide bonds. The maximum atomic E-state index is 12.5. The van der Waals surface area contributed by atoms with E-state index in [0.717, 1.165) is 0 Å². The molecule has 0 unspecified atom stereocenters. The van der Waals surface area contributed by atoms with Gasteiger partial charge in [0, 0.05) is 21.7 Å². The van der Waals surface area contributed by atoms with Gasteiger partial charge in [-0.3, -0.25) is 9.59 Å². The van der Waals surface area contributed by atoms with E-state index in [1.165, 1.54) is 24.3 Å². The average Bonchev–Trinajstić information content (AvgIpc) is 2.54. The molecule has 0 aliphatic carbocycles. The van der Waals surface area contributed by atoms with Crippen molar-refractivity contribution in [3.05, 3.63) is 58.6 Å². The minimum Gasteiger partial charge on any atom is -0.478 e. The Bertz CT molecular complexity index is 872. The Kier molecular flexibility index (Phi) is 5.67. The second-order valence-corrected chi connectivity index (χ2v) is 7.17. The lowest BCUT2D eigenvalue weighted by Gasteiger charge is -2.18. The van der Waals surface area contributed by atoms with Crippen molar-refractivity contribution in [3.63, 3.8) is 0 Å². The van der Waals surface area contributed by atoms with E-state index >= 15 is 0 Å². The second-order valence-electron chi connectivity index (χ2n) is 6.73. The van der Waals surface area contributed by atoms with Crippen molar-refractivity contribution in [1.82, 2.24) is 0 Å². The molecule has 2 rings (SSSR count). The lowest BCUT2D eigenvalue weighted by atomic mass is 9.95. The van der Waals surface area contributed by atoms with E-state index in [-0.39, 0.29) is 22.7 Å². The van der Waals surface area contributed by atoms with Gasteiger partial charge in [-0.25, -0.2) is 4.79 Å². The minimum absolute atomic E-state index is 0.0695. The van der Waals surface area contributed by atoms with Crippen molar-refractivity contribution in [2.24, 2.45) is 5.41 Å². The lowest BCUT2D eigenvalue weighted by molar-refractivity contribution is -0.123. The molecule has 0 saturated carbocycles. The summed E-state index contributed by atoms with van der Waals surface area (Å²) < 4.78 is 0. The number of amides is 2. The molecule has 0 atom stereocenters. The molecule has 6 nitrogen and oxygen atoms in total. The van der Waals surface area contributed by atoms with Gasteiger partial charge in [0.1, 0.15) is 0 Å². The molecule has 0 fully saturated rings. The van der Waals surface area contributed by atoms with E-state index in [1.807, 2.05) is 0 Å². The van der Waals surface area contributed by atoms with Crippen molar-refractivity contribution in [2.75, 3.05) is 10.6 Å². The number of hydrogen-bond donors (Lipinski definition) is 3. The highest BCUT2D eigenvalue weighted by Gasteiger charge is 2.21. The van der Waals surface area contributed by atoms with Crippen LogP contribution in [0.5, 0.6) is 0 Å². The summed E-state index contributed by atoms with van der Waals surface area (Å²) in [5.41, 5.74) is 0.198. The zero-order valence-corrected chi connectivity index (χ0v) is 15.3. The molecule has 2 aromatic carbocycles. The summed E-state index contributed by atoms with van der Waals surface area (Å²) in [5, 5.41) is 14.8. The summed E-state index contributed by atoms with van der Waals surface area (Å²) in [4.78, 5) is 35.8. The van der Waals surface area contributed by atoms with E-state index in [4.69, 9.17) is 11.6 Å². The van der Waals surface area contributed by atoms with Crippen LogP contribution in [0.15, 0.2) is 42.5 Å². The fraction of sp³-hybridized carbons (Fsp3) is 0.211. The minimum atomic E-state index is -1.18. The third-order valence-electron chi connectivity index (χ3n) is 3.52. The maximum absolute atomic E-state index is 12.5. The summed E-state index contributed by atoms with van der Waals surface area (Å²) >= 11 is 5.88. The third kappa shape index (κ3) is 4.83. The monoisotopic (exact) mass is 374 g/mol. The van der Waals surface area contributed by atoms with Crippen molar-refractivity contribution in [1.29, 1.82) is 0 Å². The van der Waals surface area contributed by atoms with Crippen molar-refractivity contribution in [2.45, 2.75) is 20.8 Å². The molecular formula is C19H19ClN2O4. The van der Waals surface area contributed by atoms with Crippen LogP contribution in [-0.2, 0) is 4.79 Å². The zero-order chi connectivity index (χ0) is 19.5. The van der Waals surface area contributed by atoms with Gasteiger partial charge in [-0.05, 0) is 36.4 Å². The highest BCUT2D eigenvalue weighted by molar-refractivity contribution is 6.31. The van der Waals surface area contributed by atoms with Gasteiger partial charge in [0.25, 0.3) is 5.91 Å². The van der Waals surface area contributed by atoms with Crippen LogP contribution in [0.4, 0.5) is 11.4 Å². The van der Waals surface area contributed by atoms with Crippen LogP contribution in [0.2, 0.25) is 5.02 Å². The normalized spacial score (nSPS) is 10.9. The lowest BCUT2D eigenvalue weighted by Crippen LogP contribution is -2.27. The smallest absolute Gasteiger partial charge is 0.337 e. The summed E-state index contributed by atoms with van der Waals surface area (Å²) in [5.74, 6) is -1.87. The van der Waals surface area contributed by atoms with Gasteiger partial charge in [0.2, 0.25) is 5.91 Å². The van der Waals surface area contributed by atoms with Gasteiger partial charge in [0.15, 0.2) is 0 Å². The van der Waals surface area contributed by atoms with Crippen LogP contribution in [0.1, 0.15) is 41.5 Å². The van der Waals surface area contributed by atoms with Crippen molar-refractivity contribution >= 4 is 40.8 Å². The molecule has 136 valence electrons. The van der Waals surface area contributed by atoms with Gasteiger partial charge in [-0.15, -0.1) is 0 Å². The third-order valence-corrected chi connectivity index (χ3v) is 3.76. The summed E-state index contributed by atoms with van der Waals surface area (Å²) in [7, 11) is 0. The van der Waals surface area contributed by atoms with Crippen LogP contribution in [0, 0.1) is 5.41 Å². The first kappa shape index (κ1) is 19.5. The van der Waals surface area contributed by atoms with Crippen LogP contribution in [-0.4, -0.2) is 22.9 Å². The fourth-order valence-corrected chi connectivity index (χ4v) is 2.23. The first-order chi connectivity index (χ1) is 12.1. The SMILES string of the molecule is CC(C)(C)C(=O)Nc1cccc(C(=O)Nc2cc(Cl)ccc2C(=O)O)c1. The molecule has 2 aromatic rings. The number of rotatable bonds is 4. The molecule has 0 aliphatic rings. The van der Waals surface area contributed by atoms with Crippen LogP contribution < -0.4 is 10.6 Å². The number of anilines is 2. The number of benzene rings is 2. The average molecular weight is 375 g/mol. The highest BCUT2D eigenvalue weighted by atomic mass is 35.5. The van der Waals surface area contributed by atoms with Crippen molar-refractivity contribution < 1.29 is 19.5 Å². The second kappa shape index (κ2) is 7.58. The predicted molar refractivity (Wildman–Crippen MR) is 101 cm³/mol. The fourth-order valence-electron chi connectivity index (χ4n) is 2.06. The first-order valence-electron chi connectivity index (χ1n) is 7.83. The Balaban J connectivity index is 2.24. The van der Waals surface area contributed by atoms with E-state index in [9.17, 15) is 19.5 Å². The number of carbonyl (C=O) groups is 3. The van der Waals surface area contributed by atoms with E-state index < -0.39 is 17.3 Å². The number of carboxylic acids is 1. The number of halogens is 1. The van der Waals surface area contributed by atoms with Crippen LogP contribution in [0.3, 0.4) is 0 Å². The topological polar surface area (TPSA) is 95.5 Å². The quantitative estimate of drug-likeness (QED) is 0.744. The molecule has 0 aromatic heterocycles. The number of carboxylic acid groups (broad SMARTS) is 1. The van der Waals surface area contributed by atoms with Gasteiger partial charge >= 0.3 is 5.97 Å². The molecule has 0 aliphatic heterocycles. The van der Waals surface area contributed by atoms with E-state index in [0.29, 0.717) is 10.7 Å². The number of carbonyl (C=O) groups excluding carboxylic acids is 2. The Hall–Kier alpha value is -2.86.